The zero-order valence-corrected chi connectivity index (χ0v) is 24.6. The molecule has 2 atom stereocenters. The van der Waals surface area contributed by atoms with Crippen molar-refractivity contribution in [3.8, 4) is 5.75 Å². The Kier molecular flexibility index (Phi) is 9.57. The van der Waals surface area contributed by atoms with Gasteiger partial charge >= 0.3 is 6.16 Å². The van der Waals surface area contributed by atoms with Crippen molar-refractivity contribution in [1.82, 2.24) is 5.06 Å². The molecule has 0 radical (unpaired) electrons. The lowest BCUT2D eigenvalue weighted by Gasteiger charge is -2.37. The maximum absolute atomic E-state index is 12.4. The van der Waals surface area contributed by atoms with E-state index in [-0.39, 0.29) is 12.0 Å². The second-order valence-electron chi connectivity index (χ2n) is 11.6. The smallest absolute Gasteiger partial charge is 0.490 e. The largest absolute Gasteiger partial charge is 0.528 e. The van der Waals surface area contributed by atoms with Crippen LogP contribution in [-0.4, -0.2) is 42.6 Å². The summed E-state index contributed by atoms with van der Waals surface area (Å²) >= 11 is 0. The molecule has 42 heavy (non-hydrogen) atoms. The first kappa shape index (κ1) is 29.4. The van der Waals surface area contributed by atoms with Gasteiger partial charge in [-0.25, -0.2) is 4.79 Å². The third kappa shape index (κ3) is 8.44. The number of hydroxylamine groups is 2. The summed E-state index contributed by atoms with van der Waals surface area (Å²) < 4.78 is 17.8. The number of benzene rings is 4. The Morgan fingerprint density at radius 3 is 2.40 bits per heavy atom. The van der Waals surface area contributed by atoms with E-state index in [2.05, 4.69) is 60.7 Å². The van der Waals surface area contributed by atoms with Crippen molar-refractivity contribution in [1.29, 1.82) is 0 Å². The molecule has 4 aromatic carbocycles. The molecule has 218 valence electrons. The van der Waals surface area contributed by atoms with Crippen LogP contribution in [0.3, 0.4) is 0 Å². The number of nitrogens with zero attached hydrogens (tertiary/aromatic N) is 1. The molecule has 6 nitrogen and oxygen atoms in total. The summed E-state index contributed by atoms with van der Waals surface area (Å²) in [5.41, 5.74) is 2.79. The minimum absolute atomic E-state index is 0.135. The Hall–Kier alpha value is -4.13. The molecule has 1 aliphatic rings. The molecule has 2 unspecified atom stereocenters. The van der Waals surface area contributed by atoms with Gasteiger partial charge in [-0.2, -0.15) is 0 Å². The van der Waals surface area contributed by atoms with Crippen molar-refractivity contribution in [2.24, 2.45) is 0 Å². The molecule has 1 saturated heterocycles. The van der Waals surface area contributed by atoms with Crippen LogP contribution in [0.2, 0.25) is 0 Å². The number of carbonyl (C=O) groups excluding carboxylic acids is 1. The molecule has 1 fully saturated rings. The monoisotopic (exact) mass is 565 g/mol. The molecule has 0 aromatic heterocycles. The van der Waals surface area contributed by atoms with E-state index in [4.69, 9.17) is 19.0 Å². The Morgan fingerprint density at radius 1 is 0.905 bits per heavy atom. The molecule has 0 aliphatic carbocycles. The lowest BCUT2D eigenvalue weighted by atomic mass is 9.87. The van der Waals surface area contributed by atoms with E-state index in [0.29, 0.717) is 26.3 Å². The molecule has 5 rings (SSSR count). The summed E-state index contributed by atoms with van der Waals surface area (Å²) in [5, 5.41) is 4.04. The fraction of sp³-hybridized carbons (Fsp3) is 0.306. The average molecular weight is 566 g/mol. The van der Waals surface area contributed by atoms with E-state index in [1.54, 1.807) is 5.06 Å². The highest BCUT2D eigenvalue weighted by Crippen LogP contribution is 2.33. The maximum Gasteiger partial charge on any atom is 0.528 e. The van der Waals surface area contributed by atoms with Crippen molar-refractivity contribution < 1.29 is 23.8 Å². The van der Waals surface area contributed by atoms with Crippen LogP contribution in [0.4, 0.5) is 4.79 Å². The molecule has 0 amide bonds. The highest BCUT2D eigenvalue weighted by Gasteiger charge is 2.34. The number of hydrogen-bond acceptors (Lipinski definition) is 6. The Labute approximate surface area is 248 Å². The summed E-state index contributed by atoms with van der Waals surface area (Å²) in [4.78, 5) is 17.9. The second-order valence-corrected chi connectivity index (χ2v) is 11.6. The molecule has 1 heterocycles. The van der Waals surface area contributed by atoms with Crippen molar-refractivity contribution >= 4 is 23.0 Å². The molecule has 0 bridgehead atoms. The predicted molar refractivity (Wildman–Crippen MR) is 166 cm³/mol. The average Bonchev–Trinajstić information content (AvgIpc) is 2.98. The SMILES string of the molecule is CC(C)(C)OC(=O)ON1CCC(c2ccc(OC/C=C/c3ccccc3)cc2)C(OCc2ccc3ccccc3c2)C1. The Bertz CT molecular complexity index is 1480. The van der Waals surface area contributed by atoms with Crippen LogP contribution in [-0.2, 0) is 20.9 Å². The van der Waals surface area contributed by atoms with Crippen molar-refractivity contribution in [2.45, 2.75) is 51.4 Å². The number of piperidine rings is 1. The summed E-state index contributed by atoms with van der Waals surface area (Å²) in [6.07, 6.45) is 3.95. The van der Waals surface area contributed by atoms with E-state index < -0.39 is 11.8 Å². The second kappa shape index (κ2) is 13.7. The van der Waals surface area contributed by atoms with Crippen LogP contribution in [0.15, 0.2) is 103 Å². The summed E-state index contributed by atoms with van der Waals surface area (Å²) in [7, 11) is 0. The summed E-state index contributed by atoms with van der Waals surface area (Å²) in [5.74, 6) is 0.951. The maximum atomic E-state index is 12.4. The van der Waals surface area contributed by atoms with Crippen molar-refractivity contribution in [3.63, 3.8) is 0 Å². The first-order valence-electron chi connectivity index (χ1n) is 14.5. The summed E-state index contributed by atoms with van der Waals surface area (Å²) in [6.45, 7) is 7.45. The number of carbonyl (C=O) groups is 1. The van der Waals surface area contributed by atoms with Gasteiger partial charge < -0.3 is 19.0 Å². The van der Waals surface area contributed by atoms with Crippen molar-refractivity contribution in [3.05, 3.63) is 120 Å². The quantitative estimate of drug-likeness (QED) is 0.191. The molecular weight excluding hydrogens is 526 g/mol. The van der Waals surface area contributed by atoms with Gasteiger partial charge in [-0.3, -0.25) is 0 Å². The number of hydrogen-bond donors (Lipinski definition) is 0. The molecule has 4 aromatic rings. The van der Waals surface area contributed by atoms with Crippen LogP contribution in [0.5, 0.6) is 5.75 Å². The molecule has 0 saturated carbocycles. The fourth-order valence-electron chi connectivity index (χ4n) is 5.13. The zero-order valence-electron chi connectivity index (χ0n) is 24.6. The molecule has 0 N–H and O–H groups in total. The van der Waals surface area contributed by atoms with Gasteiger partial charge in [0.15, 0.2) is 0 Å². The Balaban J connectivity index is 1.24. The number of ether oxygens (including phenoxy) is 3. The van der Waals surface area contributed by atoms with Crippen LogP contribution in [0.25, 0.3) is 16.8 Å². The molecule has 1 aliphatic heterocycles. The third-order valence-corrected chi connectivity index (χ3v) is 7.16. The first-order chi connectivity index (χ1) is 20.3. The highest BCUT2D eigenvalue weighted by molar-refractivity contribution is 5.82. The number of rotatable bonds is 9. The first-order valence-corrected chi connectivity index (χ1v) is 14.5. The predicted octanol–water partition coefficient (Wildman–Crippen LogP) is 8.17. The van der Waals surface area contributed by atoms with E-state index >= 15 is 0 Å². The normalized spacial score (nSPS) is 17.8. The lowest BCUT2D eigenvalue weighted by Crippen LogP contribution is -2.45. The zero-order chi connectivity index (χ0) is 29.4. The van der Waals surface area contributed by atoms with E-state index in [1.165, 1.54) is 16.3 Å². The topological polar surface area (TPSA) is 57.2 Å². The van der Waals surface area contributed by atoms with Crippen LogP contribution in [0.1, 0.15) is 49.8 Å². The lowest BCUT2D eigenvalue weighted by molar-refractivity contribution is -0.179. The van der Waals surface area contributed by atoms with Crippen molar-refractivity contribution in [2.75, 3.05) is 19.7 Å². The minimum Gasteiger partial charge on any atom is -0.490 e. The van der Waals surface area contributed by atoms with Gasteiger partial charge in [0.2, 0.25) is 0 Å². The third-order valence-electron chi connectivity index (χ3n) is 7.16. The molecular formula is C36H39NO5. The van der Waals surface area contributed by atoms with Gasteiger partial charge in [0.1, 0.15) is 18.0 Å². The van der Waals surface area contributed by atoms with Gasteiger partial charge in [-0.05, 0) is 78.9 Å². The molecule has 0 spiro atoms. The van der Waals surface area contributed by atoms with Crippen LogP contribution < -0.4 is 4.74 Å². The van der Waals surface area contributed by atoms with Gasteiger partial charge in [0.05, 0.1) is 19.3 Å². The minimum atomic E-state index is -0.697. The van der Waals surface area contributed by atoms with E-state index in [1.807, 2.05) is 69.3 Å². The van der Waals surface area contributed by atoms with Gasteiger partial charge in [0.25, 0.3) is 0 Å². The van der Waals surface area contributed by atoms with Crippen LogP contribution in [0, 0.1) is 0 Å². The summed E-state index contributed by atoms with van der Waals surface area (Å²) in [6, 6.07) is 33.1. The van der Waals surface area contributed by atoms with Gasteiger partial charge in [-0.1, -0.05) is 84.9 Å². The fourth-order valence-corrected chi connectivity index (χ4v) is 5.13. The van der Waals surface area contributed by atoms with Gasteiger partial charge in [-0.15, -0.1) is 5.06 Å². The highest BCUT2D eigenvalue weighted by atomic mass is 16.8. The van der Waals surface area contributed by atoms with E-state index in [0.717, 1.165) is 23.3 Å². The Morgan fingerprint density at radius 2 is 1.64 bits per heavy atom. The van der Waals surface area contributed by atoms with E-state index in [9.17, 15) is 4.79 Å². The number of fused-ring (bicyclic) bond motifs is 1. The van der Waals surface area contributed by atoms with Crippen LogP contribution >= 0.6 is 0 Å². The molecule has 6 heteroatoms. The van der Waals surface area contributed by atoms with Gasteiger partial charge in [0, 0.05) is 12.5 Å². The standard InChI is InChI=1S/C36H39NO5/c1-36(2,3)41-35(38)42-37-22-21-33(34(25-37)40-26-28-15-16-29-13-7-8-14-31(29)24-28)30-17-19-32(20-18-30)39-23-9-12-27-10-5-4-6-11-27/h4-20,24,33-34H,21-23,25-26H2,1-3H3/b12-9+.